The van der Waals surface area contributed by atoms with Gasteiger partial charge in [-0.3, -0.25) is 4.90 Å². The Kier molecular flexibility index (Phi) is 6.30. The first-order chi connectivity index (χ1) is 14.5. The van der Waals surface area contributed by atoms with E-state index in [4.69, 9.17) is 4.74 Å². The second kappa shape index (κ2) is 8.94. The summed E-state index contributed by atoms with van der Waals surface area (Å²) in [6.07, 6.45) is 1.86. The van der Waals surface area contributed by atoms with Gasteiger partial charge in [0.15, 0.2) is 0 Å². The molecule has 0 bridgehead atoms. The van der Waals surface area contributed by atoms with Crippen molar-refractivity contribution < 1.29 is 9.53 Å². The van der Waals surface area contributed by atoms with E-state index in [1.807, 2.05) is 12.1 Å². The fourth-order valence-electron chi connectivity index (χ4n) is 4.45. The van der Waals surface area contributed by atoms with Gasteiger partial charge in [0, 0.05) is 42.4 Å². The van der Waals surface area contributed by atoms with Gasteiger partial charge < -0.3 is 9.64 Å². The zero-order valence-electron chi connectivity index (χ0n) is 18.0. The number of esters is 1. The molecule has 1 saturated heterocycles. The number of piperazine rings is 1. The third-order valence-electron chi connectivity index (χ3n) is 6.25. The molecule has 4 rings (SSSR count). The molecular formula is C25H29BrN2O2. The van der Waals surface area contributed by atoms with E-state index in [1.54, 1.807) is 0 Å². The van der Waals surface area contributed by atoms with Crippen LogP contribution in [0.1, 0.15) is 47.3 Å². The van der Waals surface area contributed by atoms with Crippen LogP contribution in [0.5, 0.6) is 0 Å². The highest BCUT2D eigenvalue weighted by atomic mass is 79.9. The average molecular weight is 469 g/mol. The van der Waals surface area contributed by atoms with Crippen LogP contribution in [0.4, 0.5) is 5.69 Å². The van der Waals surface area contributed by atoms with Gasteiger partial charge in [0.05, 0.1) is 12.7 Å². The topological polar surface area (TPSA) is 32.8 Å². The van der Waals surface area contributed by atoms with Gasteiger partial charge in [0.25, 0.3) is 0 Å². The van der Waals surface area contributed by atoms with E-state index in [-0.39, 0.29) is 5.97 Å². The van der Waals surface area contributed by atoms with Crippen LogP contribution in [0.15, 0.2) is 46.9 Å². The summed E-state index contributed by atoms with van der Waals surface area (Å²) in [5.41, 5.74) is 6.73. The molecule has 4 nitrogen and oxygen atoms in total. The zero-order valence-corrected chi connectivity index (χ0v) is 19.5. The number of fused-ring (bicyclic) bond motifs is 1. The fourth-order valence-corrected chi connectivity index (χ4v) is 5.09. The maximum Gasteiger partial charge on any atom is 0.337 e. The van der Waals surface area contributed by atoms with Gasteiger partial charge in [0.2, 0.25) is 0 Å². The third-order valence-corrected chi connectivity index (χ3v) is 7.04. The van der Waals surface area contributed by atoms with Crippen LogP contribution < -0.4 is 4.90 Å². The number of allylic oxidation sites excluding steroid dienone is 1. The van der Waals surface area contributed by atoms with Crippen molar-refractivity contribution in [2.45, 2.75) is 32.7 Å². The lowest BCUT2D eigenvalue weighted by molar-refractivity contribution is 0.0600. The number of halogens is 1. The largest absolute Gasteiger partial charge is 0.465 e. The van der Waals surface area contributed by atoms with Gasteiger partial charge in [-0.15, -0.1) is 0 Å². The number of benzene rings is 2. The molecular weight excluding hydrogens is 440 g/mol. The van der Waals surface area contributed by atoms with Gasteiger partial charge in [0.1, 0.15) is 0 Å². The Bertz CT molecular complexity index is 958. The predicted molar refractivity (Wildman–Crippen MR) is 126 cm³/mol. The Balaban J connectivity index is 1.57. The lowest BCUT2D eigenvalue weighted by atomic mass is 9.86. The molecule has 30 heavy (non-hydrogen) atoms. The van der Waals surface area contributed by atoms with Crippen LogP contribution in [0.25, 0.3) is 5.57 Å². The molecule has 1 fully saturated rings. The van der Waals surface area contributed by atoms with Gasteiger partial charge in [-0.1, -0.05) is 34.1 Å². The Hall–Kier alpha value is -2.11. The zero-order chi connectivity index (χ0) is 21.3. The highest BCUT2D eigenvalue weighted by Crippen LogP contribution is 2.39. The number of carbonyl (C=O) groups is 1. The summed E-state index contributed by atoms with van der Waals surface area (Å²) in [7, 11) is 1.42. The molecule has 1 aliphatic carbocycles. The van der Waals surface area contributed by atoms with Crippen LogP contribution in [-0.4, -0.2) is 50.2 Å². The molecule has 0 unspecified atom stereocenters. The third kappa shape index (κ3) is 4.19. The van der Waals surface area contributed by atoms with Gasteiger partial charge in [-0.05, 0) is 73.2 Å². The van der Waals surface area contributed by atoms with Crippen LogP contribution in [0.3, 0.4) is 0 Å². The van der Waals surface area contributed by atoms with Crippen molar-refractivity contribution in [3.63, 3.8) is 0 Å². The summed E-state index contributed by atoms with van der Waals surface area (Å²) in [5, 5.41) is 0. The highest BCUT2D eigenvalue weighted by molar-refractivity contribution is 9.11. The molecule has 0 radical (unpaired) electrons. The molecule has 0 saturated carbocycles. The predicted octanol–water partition coefficient (Wildman–Crippen LogP) is 5.10. The Morgan fingerprint density at radius 2 is 1.70 bits per heavy atom. The van der Waals surface area contributed by atoms with E-state index >= 15 is 0 Å². The number of aryl methyl sites for hydroxylation is 1. The Morgan fingerprint density at radius 1 is 1.00 bits per heavy atom. The van der Waals surface area contributed by atoms with E-state index in [0.717, 1.165) is 39.0 Å². The molecule has 0 amide bonds. The summed E-state index contributed by atoms with van der Waals surface area (Å²) in [6.45, 7) is 8.92. The molecule has 2 aromatic rings. The quantitative estimate of drug-likeness (QED) is 0.584. The molecule has 0 atom stereocenters. The van der Waals surface area contributed by atoms with Crippen molar-refractivity contribution in [1.29, 1.82) is 0 Å². The normalized spacial score (nSPS) is 17.3. The molecule has 1 aliphatic heterocycles. The maximum absolute atomic E-state index is 11.9. The lowest BCUT2D eigenvalue weighted by Gasteiger charge is -2.38. The van der Waals surface area contributed by atoms with Crippen LogP contribution in [-0.2, 0) is 11.2 Å². The number of ether oxygens (including phenoxy) is 1. The van der Waals surface area contributed by atoms with Gasteiger partial charge in [-0.2, -0.15) is 0 Å². The Labute approximate surface area is 187 Å². The fraction of sp³-hybridized carbons (Fsp3) is 0.400. The number of hydrogen-bond acceptors (Lipinski definition) is 4. The number of carbonyl (C=O) groups excluding carboxylic acids is 1. The minimum atomic E-state index is -0.283. The molecule has 2 aromatic carbocycles. The average Bonchev–Trinajstić information content (AvgIpc) is 2.78. The SMILES string of the molecule is COC(=O)c1ccc2c(c1)CCC(Br)=C2c1ccc(N2CCN(C(C)C)CC2)cc1. The molecule has 158 valence electrons. The summed E-state index contributed by atoms with van der Waals surface area (Å²) in [4.78, 5) is 16.9. The first kappa shape index (κ1) is 21.1. The summed E-state index contributed by atoms with van der Waals surface area (Å²) < 4.78 is 6.10. The first-order valence-electron chi connectivity index (χ1n) is 10.7. The molecule has 5 heteroatoms. The van der Waals surface area contributed by atoms with E-state index in [9.17, 15) is 4.79 Å². The van der Waals surface area contributed by atoms with E-state index in [0.29, 0.717) is 11.6 Å². The van der Waals surface area contributed by atoms with Gasteiger partial charge in [-0.25, -0.2) is 4.79 Å². The maximum atomic E-state index is 11.9. The van der Waals surface area contributed by atoms with Crippen LogP contribution >= 0.6 is 15.9 Å². The van der Waals surface area contributed by atoms with Crippen molar-refractivity contribution in [1.82, 2.24) is 4.90 Å². The summed E-state index contributed by atoms with van der Waals surface area (Å²) in [5.74, 6) is -0.283. The first-order valence-corrected chi connectivity index (χ1v) is 11.5. The lowest BCUT2D eigenvalue weighted by Crippen LogP contribution is -2.48. The molecule has 1 heterocycles. The standard InChI is InChI=1S/C25H29BrN2O2/c1-17(2)27-12-14-28(15-13-27)21-8-4-18(5-9-21)24-22-10-6-20(25(29)30-3)16-19(22)7-11-23(24)26/h4-6,8-10,16-17H,7,11-15H2,1-3H3. The van der Waals surface area contributed by atoms with Crippen molar-refractivity contribution in [2.75, 3.05) is 38.2 Å². The van der Waals surface area contributed by atoms with Crippen molar-refractivity contribution in [3.05, 3.63) is 69.2 Å². The van der Waals surface area contributed by atoms with Crippen molar-refractivity contribution in [3.8, 4) is 0 Å². The second-order valence-electron chi connectivity index (χ2n) is 8.31. The molecule has 0 aromatic heterocycles. The number of rotatable bonds is 4. The van der Waals surface area contributed by atoms with E-state index < -0.39 is 0 Å². The number of hydrogen-bond donors (Lipinski definition) is 0. The summed E-state index contributed by atoms with van der Waals surface area (Å²) >= 11 is 3.81. The Morgan fingerprint density at radius 3 is 2.33 bits per heavy atom. The second-order valence-corrected chi connectivity index (χ2v) is 9.26. The van der Waals surface area contributed by atoms with E-state index in [1.165, 1.54) is 39.5 Å². The van der Waals surface area contributed by atoms with Crippen LogP contribution in [0, 0.1) is 0 Å². The number of anilines is 1. The smallest absolute Gasteiger partial charge is 0.337 e. The van der Waals surface area contributed by atoms with E-state index in [2.05, 4.69) is 69.9 Å². The van der Waals surface area contributed by atoms with Crippen LogP contribution in [0.2, 0.25) is 0 Å². The van der Waals surface area contributed by atoms with Crippen molar-refractivity contribution in [2.24, 2.45) is 0 Å². The monoisotopic (exact) mass is 468 g/mol. The molecule has 0 spiro atoms. The number of nitrogens with zero attached hydrogens (tertiary/aromatic N) is 2. The molecule has 2 aliphatic rings. The minimum absolute atomic E-state index is 0.283. The minimum Gasteiger partial charge on any atom is -0.465 e. The van der Waals surface area contributed by atoms with Crippen molar-refractivity contribution >= 4 is 33.2 Å². The highest BCUT2D eigenvalue weighted by Gasteiger charge is 2.22. The molecule has 0 N–H and O–H groups in total. The number of methoxy groups -OCH3 is 1. The summed E-state index contributed by atoms with van der Waals surface area (Å²) in [6, 6.07) is 15.4. The van der Waals surface area contributed by atoms with Gasteiger partial charge >= 0.3 is 5.97 Å².